The van der Waals surface area contributed by atoms with Crippen LogP contribution in [-0.4, -0.2) is 57.1 Å². The predicted molar refractivity (Wildman–Crippen MR) is 82.0 cm³/mol. The lowest BCUT2D eigenvalue weighted by molar-refractivity contribution is 0.101. The highest BCUT2D eigenvalue weighted by atomic mass is 35.5. The summed E-state index contributed by atoms with van der Waals surface area (Å²) >= 11 is 6.36. The summed E-state index contributed by atoms with van der Waals surface area (Å²) in [5.74, 6) is 0.00980. The number of hydrogen-bond donors (Lipinski definition) is 0. The first kappa shape index (κ1) is 15.3. The normalized spacial score (nSPS) is 16.4. The number of ketones is 1. The number of methoxy groups -OCH3 is 1. The number of carbonyl (C=O) groups is 1. The number of halogens is 1. The molecule has 0 N–H and O–H groups in total. The molecule has 1 aromatic rings. The second-order valence-electron chi connectivity index (χ2n) is 5.02. The summed E-state index contributed by atoms with van der Waals surface area (Å²) in [4.78, 5) is 16.2. The van der Waals surface area contributed by atoms with Gasteiger partial charge in [0.2, 0.25) is 0 Å². The van der Waals surface area contributed by atoms with Crippen LogP contribution in [0.15, 0.2) is 18.2 Å². The van der Waals surface area contributed by atoms with Crippen LogP contribution in [-0.2, 0) is 4.74 Å². The van der Waals surface area contributed by atoms with Gasteiger partial charge in [-0.2, -0.15) is 0 Å². The highest BCUT2D eigenvalue weighted by Gasteiger charge is 2.20. The second-order valence-corrected chi connectivity index (χ2v) is 5.39. The Kier molecular flexibility index (Phi) is 5.40. The molecule has 110 valence electrons. The van der Waals surface area contributed by atoms with E-state index in [-0.39, 0.29) is 5.78 Å². The van der Waals surface area contributed by atoms with Crippen LogP contribution < -0.4 is 4.90 Å². The van der Waals surface area contributed by atoms with Crippen LogP contribution in [0.4, 0.5) is 5.69 Å². The lowest BCUT2D eigenvalue weighted by Crippen LogP contribution is -2.47. The van der Waals surface area contributed by atoms with Crippen molar-refractivity contribution in [2.45, 2.75) is 6.92 Å². The fourth-order valence-corrected chi connectivity index (χ4v) is 2.85. The van der Waals surface area contributed by atoms with Crippen molar-refractivity contribution in [3.05, 3.63) is 28.8 Å². The minimum Gasteiger partial charge on any atom is -0.383 e. The Balaban J connectivity index is 2.04. The van der Waals surface area contributed by atoms with Gasteiger partial charge in [-0.05, 0) is 19.1 Å². The van der Waals surface area contributed by atoms with E-state index in [1.807, 2.05) is 12.1 Å². The zero-order valence-electron chi connectivity index (χ0n) is 12.1. The fraction of sp³-hybridized carbons (Fsp3) is 0.533. The maximum absolute atomic E-state index is 11.5. The molecule has 0 bridgehead atoms. The monoisotopic (exact) mass is 296 g/mol. The summed E-state index contributed by atoms with van der Waals surface area (Å²) in [6, 6.07) is 5.66. The van der Waals surface area contributed by atoms with Crippen molar-refractivity contribution in [1.29, 1.82) is 0 Å². The number of hydrogen-bond acceptors (Lipinski definition) is 4. The first-order chi connectivity index (χ1) is 9.63. The maximum Gasteiger partial charge on any atom is 0.161 e. The molecule has 4 nitrogen and oxygen atoms in total. The summed E-state index contributed by atoms with van der Waals surface area (Å²) in [7, 11) is 1.73. The van der Waals surface area contributed by atoms with E-state index in [0.717, 1.165) is 45.0 Å². The molecule has 1 aliphatic rings. The third kappa shape index (κ3) is 3.51. The van der Waals surface area contributed by atoms with E-state index in [0.29, 0.717) is 10.6 Å². The number of piperazine rings is 1. The summed E-state index contributed by atoms with van der Waals surface area (Å²) in [5, 5.41) is 0.574. The molecule has 20 heavy (non-hydrogen) atoms. The van der Waals surface area contributed by atoms with Crippen LogP contribution in [0.2, 0.25) is 5.02 Å². The van der Waals surface area contributed by atoms with E-state index in [4.69, 9.17) is 16.3 Å². The molecule has 0 spiro atoms. The highest BCUT2D eigenvalue weighted by Crippen LogP contribution is 2.30. The minimum atomic E-state index is 0.00980. The van der Waals surface area contributed by atoms with Gasteiger partial charge in [0.05, 0.1) is 17.3 Å². The van der Waals surface area contributed by atoms with Crippen LogP contribution in [0.1, 0.15) is 17.3 Å². The average Bonchev–Trinajstić information content (AvgIpc) is 2.46. The summed E-state index contributed by atoms with van der Waals surface area (Å²) in [5.41, 5.74) is 1.57. The van der Waals surface area contributed by atoms with Crippen LogP contribution in [0.25, 0.3) is 0 Å². The first-order valence-electron chi connectivity index (χ1n) is 6.89. The largest absolute Gasteiger partial charge is 0.383 e. The van der Waals surface area contributed by atoms with Gasteiger partial charge in [0.25, 0.3) is 0 Å². The molecule has 1 aromatic carbocycles. The van der Waals surface area contributed by atoms with E-state index < -0.39 is 0 Å². The Hall–Kier alpha value is -1.10. The molecule has 1 heterocycles. The van der Waals surface area contributed by atoms with E-state index in [1.165, 1.54) is 0 Å². The van der Waals surface area contributed by atoms with Crippen LogP contribution in [0, 0.1) is 0 Å². The van der Waals surface area contributed by atoms with E-state index in [2.05, 4.69) is 9.80 Å². The molecular formula is C15H21ClN2O2. The molecule has 0 radical (unpaired) electrons. The van der Waals surface area contributed by atoms with Crippen molar-refractivity contribution in [3.63, 3.8) is 0 Å². The van der Waals surface area contributed by atoms with Gasteiger partial charge in [0, 0.05) is 45.4 Å². The topological polar surface area (TPSA) is 32.8 Å². The van der Waals surface area contributed by atoms with Crippen molar-refractivity contribution in [2.24, 2.45) is 0 Å². The number of benzene rings is 1. The zero-order chi connectivity index (χ0) is 14.5. The smallest absolute Gasteiger partial charge is 0.161 e. The number of carbonyl (C=O) groups excluding carboxylic acids is 1. The van der Waals surface area contributed by atoms with Crippen molar-refractivity contribution in [2.75, 3.05) is 51.3 Å². The van der Waals surface area contributed by atoms with E-state index >= 15 is 0 Å². The highest BCUT2D eigenvalue weighted by molar-refractivity contribution is 6.36. The lowest BCUT2D eigenvalue weighted by Gasteiger charge is -2.36. The van der Waals surface area contributed by atoms with Crippen molar-refractivity contribution in [1.82, 2.24) is 4.90 Å². The summed E-state index contributed by atoms with van der Waals surface area (Å²) in [6.45, 7) is 7.10. The Bertz CT molecular complexity index is 471. The third-order valence-corrected chi connectivity index (χ3v) is 4.08. The number of nitrogens with zero attached hydrogens (tertiary/aromatic N) is 2. The lowest BCUT2D eigenvalue weighted by atomic mass is 10.1. The quantitative estimate of drug-likeness (QED) is 0.781. The van der Waals surface area contributed by atoms with Gasteiger partial charge < -0.3 is 9.64 Å². The standard InChI is InChI=1S/C15H21ClN2O2/c1-12(19)13-4-3-5-14(15(13)16)18-8-6-17(7-9-18)10-11-20-2/h3-5H,6-11H2,1-2H3. The first-order valence-corrected chi connectivity index (χ1v) is 7.27. The number of anilines is 1. The second kappa shape index (κ2) is 7.07. The average molecular weight is 297 g/mol. The van der Waals surface area contributed by atoms with Gasteiger partial charge in [0.1, 0.15) is 0 Å². The number of Topliss-reactive ketones (excluding diaryl/α,β-unsaturated/α-hetero) is 1. The van der Waals surface area contributed by atoms with E-state index in [1.54, 1.807) is 20.1 Å². The molecule has 1 saturated heterocycles. The molecule has 0 amide bonds. The third-order valence-electron chi connectivity index (χ3n) is 3.68. The van der Waals surface area contributed by atoms with Gasteiger partial charge in [0.15, 0.2) is 5.78 Å². The molecule has 0 unspecified atom stereocenters. The molecule has 5 heteroatoms. The van der Waals surface area contributed by atoms with Gasteiger partial charge in [-0.25, -0.2) is 0 Å². The Morgan fingerprint density at radius 3 is 2.60 bits per heavy atom. The molecule has 0 saturated carbocycles. The molecule has 1 aliphatic heterocycles. The van der Waals surface area contributed by atoms with Gasteiger partial charge in [-0.3, -0.25) is 9.69 Å². The van der Waals surface area contributed by atoms with Gasteiger partial charge in [-0.15, -0.1) is 0 Å². The molecule has 0 aromatic heterocycles. The van der Waals surface area contributed by atoms with E-state index in [9.17, 15) is 4.79 Å². The Morgan fingerprint density at radius 2 is 2.00 bits per heavy atom. The minimum absolute atomic E-state index is 0.00980. The molecule has 2 rings (SSSR count). The summed E-state index contributed by atoms with van der Waals surface area (Å²) < 4.78 is 5.10. The predicted octanol–water partition coefficient (Wildman–Crippen LogP) is 2.31. The maximum atomic E-state index is 11.5. The van der Waals surface area contributed by atoms with Crippen LogP contribution in [0.3, 0.4) is 0 Å². The SMILES string of the molecule is COCCN1CCN(c2cccc(C(C)=O)c2Cl)CC1. The Labute approximate surface area is 125 Å². The number of ether oxygens (including phenoxy) is 1. The molecule has 1 fully saturated rings. The molecular weight excluding hydrogens is 276 g/mol. The van der Waals surface area contributed by atoms with Gasteiger partial charge in [-0.1, -0.05) is 17.7 Å². The number of rotatable bonds is 5. The zero-order valence-corrected chi connectivity index (χ0v) is 12.8. The fourth-order valence-electron chi connectivity index (χ4n) is 2.47. The summed E-state index contributed by atoms with van der Waals surface area (Å²) in [6.07, 6.45) is 0. The van der Waals surface area contributed by atoms with Crippen LogP contribution >= 0.6 is 11.6 Å². The molecule has 0 atom stereocenters. The molecule has 0 aliphatic carbocycles. The Morgan fingerprint density at radius 1 is 1.30 bits per heavy atom. The van der Waals surface area contributed by atoms with Crippen molar-refractivity contribution < 1.29 is 9.53 Å². The van der Waals surface area contributed by atoms with Gasteiger partial charge >= 0.3 is 0 Å². The van der Waals surface area contributed by atoms with Crippen LogP contribution in [0.5, 0.6) is 0 Å². The van der Waals surface area contributed by atoms with Crippen molar-refractivity contribution >= 4 is 23.1 Å². The van der Waals surface area contributed by atoms with Crippen molar-refractivity contribution in [3.8, 4) is 0 Å².